The first-order valence-electron chi connectivity index (χ1n) is 8.47. The van der Waals surface area contributed by atoms with Crippen molar-refractivity contribution in [3.63, 3.8) is 0 Å². The number of nitrogens with two attached hydrogens (primary N) is 1. The van der Waals surface area contributed by atoms with Gasteiger partial charge in [0.1, 0.15) is 5.75 Å². The van der Waals surface area contributed by atoms with Crippen molar-refractivity contribution in [3.8, 4) is 5.75 Å². The van der Waals surface area contributed by atoms with Gasteiger partial charge >= 0.3 is 6.18 Å². The number of hydrogen-bond acceptors (Lipinski definition) is 5. The number of benzene rings is 1. The Morgan fingerprint density at radius 3 is 2.57 bits per heavy atom. The Morgan fingerprint density at radius 1 is 1.43 bits per heavy atom. The summed E-state index contributed by atoms with van der Waals surface area (Å²) in [4.78, 5) is 14.1. The number of nitrogens with zero attached hydrogens (tertiary/aromatic N) is 1. The molecule has 1 amide bonds. The zero-order chi connectivity index (χ0) is 21.1. The zero-order valence-electron chi connectivity index (χ0n) is 15.2. The lowest BCUT2D eigenvalue weighted by Gasteiger charge is -2.24. The first kappa shape index (κ1) is 20.4. The third-order valence-corrected chi connectivity index (χ3v) is 6.45. The molecule has 0 bridgehead atoms. The summed E-state index contributed by atoms with van der Waals surface area (Å²) in [5, 5.41) is 7.70. The van der Waals surface area contributed by atoms with Gasteiger partial charge in [-0.3, -0.25) is 10.2 Å². The van der Waals surface area contributed by atoms with E-state index in [4.69, 9.17) is 15.9 Å². The van der Waals surface area contributed by atoms with Crippen LogP contribution in [0.1, 0.15) is 23.7 Å². The number of amidine groups is 1. The molecule has 1 aromatic rings. The lowest BCUT2D eigenvalue weighted by atomic mass is 10.1. The SMILES string of the molecule is C[C@H](Oc1ccc(S(C)(=O)=O)cc1C(=O)N1CC2CC2(C(=N)N)C1)C(F)(F)F. The maximum Gasteiger partial charge on any atom is 0.425 e. The molecule has 0 aromatic heterocycles. The molecule has 2 unspecified atom stereocenters. The van der Waals surface area contributed by atoms with E-state index in [1.807, 2.05) is 0 Å². The number of nitrogens with one attached hydrogen (secondary N) is 1. The molecule has 0 radical (unpaired) electrons. The Labute approximate surface area is 160 Å². The Bertz CT molecular complexity index is 947. The fourth-order valence-electron chi connectivity index (χ4n) is 3.49. The fourth-order valence-corrected chi connectivity index (χ4v) is 4.14. The van der Waals surface area contributed by atoms with Crippen molar-refractivity contribution in [1.82, 2.24) is 4.90 Å². The molecule has 154 valence electrons. The highest BCUT2D eigenvalue weighted by Crippen LogP contribution is 2.57. The van der Waals surface area contributed by atoms with Crippen molar-refractivity contribution in [2.45, 2.75) is 30.5 Å². The molecule has 2 fully saturated rings. The number of sulfone groups is 1. The normalized spacial score (nSPS) is 25.2. The molecule has 1 saturated heterocycles. The lowest BCUT2D eigenvalue weighted by Crippen LogP contribution is -2.37. The van der Waals surface area contributed by atoms with Crippen LogP contribution in [0, 0.1) is 16.7 Å². The van der Waals surface area contributed by atoms with Gasteiger partial charge < -0.3 is 15.4 Å². The summed E-state index contributed by atoms with van der Waals surface area (Å²) in [5.41, 5.74) is 4.77. The van der Waals surface area contributed by atoms with Gasteiger partial charge in [-0.05, 0) is 37.5 Å². The minimum absolute atomic E-state index is 0.0279. The largest absolute Gasteiger partial charge is 0.480 e. The van der Waals surface area contributed by atoms with E-state index in [1.165, 1.54) is 4.90 Å². The topological polar surface area (TPSA) is 114 Å². The van der Waals surface area contributed by atoms with E-state index in [9.17, 15) is 26.4 Å². The van der Waals surface area contributed by atoms with E-state index in [0.29, 0.717) is 13.0 Å². The maximum absolute atomic E-state index is 13.0. The highest BCUT2D eigenvalue weighted by molar-refractivity contribution is 7.90. The third kappa shape index (κ3) is 3.54. The molecule has 1 aromatic carbocycles. The quantitative estimate of drug-likeness (QED) is 0.558. The van der Waals surface area contributed by atoms with Crippen LogP contribution in [0.25, 0.3) is 0 Å². The van der Waals surface area contributed by atoms with E-state index < -0.39 is 33.4 Å². The highest BCUT2D eigenvalue weighted by atomic mass is 32.2. The summed E-state index contributed by atoms with van der Waals surface area (Å²) in [6.45, 7) is 1.27. The van der Waals surface area contributed by atoms with Crippen molar-refractivity contribution in [2.75, 3.05) is 19.3 Å². The molecule has 1 heterocycles. The van der Waals surface area contributed by atoms with Gasteiger partial charge in [0.2, 0.25) is 0 Å². The number of carbonyl (C=O) groups excluding carboxylic acids is 1. The fraction of sp³-hybridized carbons (Fsp3) is 0.529. The number of alkyl halides is 3. The second-order valence-electron chi connectivity index (χ2n) is 7.39. The molecule has 3 atom stereocenters. The number of likely N-dealkylation sites (tertiary alicyclic amines) is 1. The second-order valence-corrected chi connectivity index (χ2v) is 9.40. The van der Waals surface area contributed by atoms with Gasteiger partial charge in [-0.25, -0.2) is 8.42 Å². The van der Waals surface area contributed by atoms with Crippen LogP contribution in [0.3, 0.4) is 0 Å². The first-order valence-corrected chi connectivity index (χ1v) is 10.4. The van der Waals surface area contributed by atoms with Gasteiger partial charge in [0.05, 0.1) is 16.3 Å². The monoisotopic (exact) mass is 419 g/mol. The molecule has 11 heteroatoms. The van der Waals surface area contributed by atoms with Crippen molar-refractivity contribution in [2.24, 2.45) is 17.1 Å². The molecule has 3 rings (SSSR count). The highest BCUT2D eigenvalue weighted by Gasteiger charge is 2.63. The Hall–Kier alpha value is -2.30. The summed E-state index contributed by atoms with van der Waals surface area (Å²) in [5.74, 6) is -0.993. The predicted octanol–water partition coefficient (Wildman–Crippen LogP) is 1.82. The molecule has 1 aliphatic heterocycles. The standard InChI is InChI=1S/C17H20F3N3O4S/c1-9(17(18,19)20)27-13-4-3-11(28(2,25)26)5-12(13)14(24)23-7-10-6-16(10,8-23)15(21)22/h3-5,9-10H,6-8H2,1-2H3,(H3,21,22)/t9-,10?,16?/m0/s1. The second kappa shape index (κ2) is 6.36. The van der Waals surface area contributed by atoms with E-state index in [2.05, 4.69) is 0 Å². The van der Waals surface area contributed by atoms with Crippen LogP contribution >= 0.6 is 0 Å². The van der Waals surface area contributed by atoms with Crippen LogP contribution in [0.2, 0.25) is 0 Å². The van der Waals surface area contributed by atoms with Gasteiger partial charge in [-0.2, -0.15) is 13.2 Å². The van der Waals surface area contributed by atoms with E-state index in [-0.39, 0.29) is 34.5 Å². The van der Waals surface area contributed by atoms with Crippen LogP contribution < -0.4 is 10.5 Å². The van der Waals surface area contributed by atoms with Crippen molar-refractivity contribution in [1.29, 1.82) is 5.41 Å². The minimum atomic E-state index is -4.65. The number of hydrogen-bond donors (Lipinski definition) is 2. The Morgan fingerprint density at radius 2 is 2.07 bits per heavy atom. The number of carbonyl (C=O) groups is 1. The van der Waals surface area contributed by atoms with Gasteiger partial charge in [-0.15, -0.1) is 0 Å². The molecule has 1 aliphatic carbocycles. The van der Waals surface area contributed by atoms with Crippen LogP contribution in [0.5, 0.6) is 5.75 Å². The van der Waals surface area contributed by atoms with Crippen LogP contribution in [0.4, 0.5) is 13.2 Å². The molecule has 1 saturated carbocycles. The van der Waals surface area contributed by atoms with Crippen molar-refractivity contribution >= 4 is 21.6 Å². The average Bonchev–Trinajstić information content (AvgIpc) is 3.14. The van der Waals surface area contributed by atoms with Crippen molar-refractivity contribution < 1.29 is 31.1 Å². The first-order chi connectivity index (χ1) is 12.8. The van der Waals surface area contributed by atoms with Gasteiger partial charge in [-0.1, -0.05) is 0 Å². The number of amides is 1. The summed E-state index contributed by atoms with van der Waals surface area (Å²) < 4.78 is 67.2. The van der Waals surface area contributed by atoms with E-state index >= 15 is 0 Å². The summed E-state index contributed by atoms with van der Waals surface area (Å²) in [7, 11) is -3.69. The maximum atomic E-state index is 13.0. The van der Waals surface area contributed by atoms with E-state index in [1.54, 1.807) is 0 Å². The smallest absolute Gasteiger partial charge is 0.425 e. The predicted molar refractivity (Wildman–Crippen MR) is 94.1 cm³/mol. The summed E-state index contributed by atoms with van der Waals surface area (Å²) in [6.07, 6.45) is -5.21. The molecule has 0 spiro atoms. The summed E-state index contributed by atoms with van der Waals surface area (Å²) >= 11 is 0. The lowest BCUT2D eigenvalue weighted by molar-refractivity contribution is -0.189. The Balaban J connectivity index is 1.95. The van der Waals surface area contributed by atoms with Crippen LogP contribution in [-0.2, 0) is 9.84 Å². The molecule has 2 aliphatic rings. The van der Waals surface area contributed by atoms with Crippen molar-refractivity contribution in [3.05, 3.63) is 23.8 Å². The third-order valence-electron chi connectivity index (χ3n) is 5.34. The number of fused-ring (bicyclic) bond motifs is 1. The number of ether oxygens (including phenoxy) is 1. The average molecular weight is 419 g/mol. The number of piperidine rings is 1. The summed E-state index contributed by atoms with van der Waals surface area (Å²) in [6, 6.07) is 3.19. The number of halogens is 3. The zero-order valence-corrected chi connectivity index (χ0v) is 16.0. The molecular formula is C17H20F3N3O4S. The minimum Gasteiger partial charge on any atom is -0.480 e. The van der Waals surface area contributed by atoms with Crippen LogP contribution in [0.15, 0.2) is 23.1 Å². The Kier molecular flexibility index (Phi) is 4.64. The number of rotatable bonds is 5. The van der Waals surface area contributed by atoms with Crippen LogP contribution in [-0.4, -0.2) is 56.7 Å². The van der Waals surface area contributed by atoms with Gasteiger partial charge in [0.25, 0.3) is 5.91 Å². The van der Waals surface area contributed by atoms with E-state index in [0.717, 1.165) is 31.4 Å². The molecule has 28 heavy (non-hydrogen) atoms. The van der Waals surface area contributed by atoms with Gasteiger partial charge in [0, 0.05) is 24.8 Å². The molecule has 7 nitrogen and oxygen atoms in total. The molecule has 3 N–H and O–H groups in total. The van der Waals surface area contributed by atoms with Gasteiger partial charge in [0.15, 0.2) is 15.9 Å². The molecular weight excluding hydrogens is 399 g/mol.